The van der Waals surface area contributed by atoms with Crippen LogP contribution >= 0.6 is 0 Å². The van der Waals surface area contributed by atoms with Crippen LogP contribution in [0.2, 0.25) is 0 Å². The summed E-state index contributed by atoms with van der Waals surface area (Å²) in [5, 5.41) is 0.953. The highest BCUT2D eigenvalue weighted by atomic mass is 19.4. The summed E-state index contributed by atoms with van der Waals surface area (Å²) in [5.41, 5.74) is 1.62. The van der Waals surface area contributed by atoms with Crippen LogP contribution in [0.25, 0.3) is 16.7 Å². The second-order valence-corrected chi connectivity index (χ2v) is 8.97. The number of hydrogen-bond donors (Lipinski definition) is 0. The lowest BCUT2D eigenvalue weighted by atomic mass is 10.1. The first-order valence-corrected chi connectivity index (χ1v) is 11.6. The topological polar surface area (TPSA) is 67.7 Å². The highest BCUT2D eigenvalue weighted by Crippen LogP contribution is 2.25. The lowest BCUT2D eigenvalue weighted by molar-refractivity contribution is -0.172. The molecular formula is C25H25F3N4O3. The van der Waals surface area contributed by atoms with Crippen molar-refractivity contribution >= 4 is 22.6 Å². The van der Waals surface area contributed by atoms with Crippen LogP contribution < -0.4 is 4.74 Å². The van der Waals surface area contributed by atoms with Crippen molar-refractivity contribution in [2.24, 2.45) is 0 Å². The van der Waals surface area contributed by atoms with E-state index in [1.165, 1.54) is 4.90 Å². The molecule has 1 amide bonds. The molecule has 35 heavy (non-hydrogen) atoms. The molecule has 1 aromatic carbocycles. The van der Waals surface area contributed by atoms with Crippen molar-refractivity contribution < 1.29 is 27.5 Å². The van der Waals surface area contributed by atoms with Crippen LogP contribution in [0.5, 0.6) is 5.75 Å². The van der Waals surface area contributed by atoms with Crippen molar-refractivity contribution in [1.29, 1.82) is 0 Å². The van der Waals surface area contributed by atoms with Crippen molar-refractivity contribution in [2.75, 3.05) is 32.7 Å². The molecule has 0 unspecified atom stereocenters. The van der Waals surface area contributed by atoms with Crippen molar-refractivity contribution in [1.82, 2.24) is 19.4 Å². The van der Waals surface area contributed by atoms with Crippen molar-refractivity contribution in [3.05, 3.63) is 54.4 Å². The molecule has 2 aliphatic rings. The van der Waals surface area contributed by atoms with Crippen LogP contribution in [0.1, 0.15) is 29.6 Å². The van der Waals surface area contributed by atoms with Gasteiger partial charge in [0.1, 0.15) is 17.7 Å². The number of hydrogen-bond acceptors (Lipinski definition) is 5. The zero-order valence-electron chi connectivity index (χ0n) is 19.0. The largest absolute Gasteiger partial charge is 0.489 e. The van der Waals surface area contributed by atoms with Crippen LogP contribution in [0.3, 0.4) is 0 Å². The average molecular weight is 486 g/mol. The zero-order chi connectivity index (χ0) is 24.6. The fraction of sp³-hybridized carbons (Fsp3) is 0.400. The van der Waals surface area contributed by atoms with Gasteiger partial charge in [0.2, 0.25) is 5.78 Å². The number of nitrogens with zero attached hydrogens (tertiary/aromatic N) is 4. The Morgan fingerprint density at radius 1 is 1.03 bits per heavy atom. The number of pyridine rings is 1. The summed E-state index contributed by atoms with van der Waals surface area (Å²) in [7, 11) is 0. The van der Waals surface area contributed by atoms with E-state index in [1.54, 1.807) is 6.20 Å². The lowest BCUT2D eigenvalue weighted by Crippen LogP contribution is -2.43. The van der Waals surface area contributed by atoms with Crippen LogP contribution in [-0.4, -0.2) is 76.0 Å². The van der Waals surface area contributed by atoms with E-state index < -0.39 is 18.5 Å². The second-order valence-electron chi connectivity index (χ2n) is 8.97. The Morgan fingerprint density at radius 3 is 2.43 bits per heavy atom. The third-order valence-corrected chi connectivity index (χ3v) is 6.57. The van der Waals surface area contributed by atoms with E-state index in [0.29, 0.717) is 43.1 Å². The summed E-state index contributed by atoms with van der Waals surface area (Å²) in [4.78, 5) is 31.5. The van der Waals surface area contributed by atoms with Gasteiger partial charge in [0.25, 0.3) is 5.91 Å². The number of ketones is 1. The number of carbonyl (C=O) groups is 2. The minimum absolute atomic E-state index is 0.0586. The lowest BCUT2D eigenvalue weighted by Gasteiger charge is -2.31. The summed E-state index contributed by atoms with van der Waals surface area (Å²) in [6.45, 7) is 1.76. The molecule has 0 N–H and O–H groups in total. The Balaban J connectivity index is 1.19. The number of halogens is 3. The molecular weight excluding hydrogens is 461 g/mol. The Hall–Kier alpha value is -3.40. The van der Waals surface area contributed by atoms with Gasteiger partial charge < -0.3 is 14.2 Å². The summed E-state index contributed by atoms with van der Waals surface area (Å²) in [6, 6.07) is 11.3. The van der Waals surface area contributed by atoms with Crippen molar-refractivity contribution in [2.45, 2.75) is 31.5 Å². The van der Waals surface area contributed by atoms with Gasteiger partial charge in [-0.15, -0.1) is 0 Å². The van der Waals surface area contributed by atoms with Gasteiger partial charge in [-0.05, 0) is 55.7 Å². The first-order chi connectivity index (χ1) is 16.8. The molecule has 0 aliphatic carbocycles. The van der Waals surface area contributed by atoms with E-state index in [0.717, 1.165) is 30.4 Å². The molecule has 184 valence electrons. The molecule has 2 aliphatic heterocycles. The fourth-order valence-electron chi connectivity index (χ4n) is 4.43. The highest BCUT2D eigenvalue weighted by Gasteiger charge is 2.39. The molecule has 2 aromatic heterocycles. The summed E-state index contributed by atoms with van der Waals surface area (Å²) in [5.74, 6) is -0.372. The Kier molecular flexibility index (Phi) is 6.22. The first-order valence-electron chi connectivity index (χ1n) is 11.6. The molecule has 3 aromatic rings. The number of rotatable bonds is 6. The number of likely N-dealkylation sites (tertiary alicyclic amines) is 2. The van der Waals surface area contributed by atoms with E-state index in [-0.39, 0.29) is 12.0 Å². The summed E-state index contributed by atoms with van der Waals surface area (Å²) < 4.78 is 45.3. The van der Waals surface area contributed by atoms with Crippen molar-refractivity contribution in [3.63, 3.8) is 0 Å². The zero-order valence-corrected chi connectivity index (χ0v) is 19.0. The van der Waals surface area contributed by atoms with E-state index >= 15 is 0 Å². The molecule has 0 radical (unpaired) electrons. The van der Waals surface area contributed by atoms with E-state index in [4.69, 9.17) is 4.74 Å². The van der Waals surface area contributed by atoms with Gasteiger partial charge in [-0.25, -0.2) is 4.98 Å². The third kappa shape index (κ3) is 5.02. The number of fused-ring (bicyclic) bond motifs is 1. The van der Waals surface area contributed by atoms with E-state index in [9.17, 15) is 22.8 Å². The standard InChI is InChI=1S/C25H25F3N4O3/c26-25(27,28)22(33)16-30-11-7-19(8-12-30)35-20-3-5-23(29-15-20)32-13-6-17-14-18(2-4-21(17)32)24(34)31-9-1-10-31/h2-6,13-15,19H,1,7-12,16H2. The fourth-order valence-corrected chi connectivity index (χ4v) is 4.43. The molecule has 0 atom stereocenters. The predicted octanol–water partition coefficient (Wildman–Crippen LogP) is 3.85. The smallest absolute Gasteiger partial charge is 0.451 e. The number of piperidine rings is 1. The van der Waals surface area contributed by atoms with Gasteiger partial charge in [-0.2, -0.15) is 13.2 Å². The van der Waals surface area contributed by atoms with E-state index in [1.807, 2.05) is 52.1 Å². The minimum atomic E-state index is -4.79. The maximum absolute atomic E-state index is 12.5. The predicted molar refractivity (Wildman–Crippen MR) is 123 cm³/mol. The molecule has 5 rings (SSSR count). The van der Waals surface area contributed by atoms with Gasteiger partial charge in [0.15, 0.2) is 0 Å². The molecule has 2 fully saturated rings. The molecule has 2 saturated heterocycles. The quantitative estimate of drug-likeness (QED) is 0.530. The van der Waals surface area contributed by atoms with Gasteiger partial charge in [-0.3, -0.25) is 14.5 Å². The van der Waals surface area contributed by atoms with Crippen molar-refractivity contribution in [3.8, 4) is 11.6 Å². The normalized spacial score (nSPS) is 17.4. The van der Waals surface area contributed by atoms with Crippen LogP contribution in [0.4, 0.5) is 13.2 Å². The van der Waals surface area contributed by atoms with E-state index in [2.05, 4.69) is 4.98 Å². The molecule has 0 saturated carbocycles. The maximum atomic E-state index is 12.5. The molecule has 4 heterocycles. The number of benzene rings is 1. The number of carbonyl (C=O) groups excluding carboxylic acids is 2. The maximum Gasteiger partial charge on any atom is 0.451 e. The van der Waals surface area contributed by atoms with Gasteiger partial charge in [0.05, 0.1) is 18.3 Å². The number of aromatic nitrogens is 2. The first kappa shape index (κ1) is 23.3. The number of Topliss-reactive ketones (excluding diaryl/α,β-unsaturated/α-hetero) is 1. The Bertz CT molecular complexity index is 1230. The number of alkyl halides is 3. The summed E-state index contributed by atoms with van der Waals surface area (Å²) in [6.07, 6.45) is 0.722. The SMILES string of the molecule is O=C(c1ccc2c(ccn2-c2ccc(OC3CCN(CC(=O)C(F)(F)F)CC3)cn2)c1)N1CCC1. The van der Waals surface area contributed by atoms with Crippen LogP contribution in [-0.2, 0) is 4.79 Å². The Labute approximate surface area is 200 Å². The highest BCUT2D eigenvalue weighted by molar-refractivity contribution is 5.98. The van der Waals surface area contributed by atoms with Gasteiger partial charge >= 0.3 is 6.18 Å². The van der Waals surface area contributed by atoms with Crippen LogP contribution in [0, 0.1) is 0 Å². The number of amides is 1. The minimum Gasteiger partial charge on any atom is -0.489 e. The second kappa shape index (κ2) is 9.33. The summed E-state index contributed by atoms with van der Waals surface area (Å²) >= 11 is 0. The van der Waals surface area contributed by atoms with Crippen LogP contribution in [0.15, 0.2) is 48.8 Å². The van der Waals surface area contributed by atoms with Gasteiger partial charge in [-0.1, -0.05) is 0 Å². The molecule has 0 spiro atoms. The molecule has 10 heteroatoms. The number of ether oxygens (including phenoxy) is 1. The molecule has 0 bridgehead atoms. The average Bonchev–Trinajstić information content (AvgIpc) is 3.22. The molecule has 7 nitrogen and oxygen atoms in total. The Morgan fingerprint density at radius 2 is 1.80 bits per heavy atom. The monoisotopic (exact) mass is 486 g/mol. The van der Waals surface area contributed by atoms with Gasteiger partial charge in [0, 0.05) is 43.3 Å². The third-order valence-electron chi connectivity index (χ3n) is 6.57.